The molecule has 106 valence electrons. The summed E-state index contributed by atoms with van der Waals surface area (Å²) < 4.78 is 42.2. The number of halogens is 5. The average Bonchev–Trinajstić information content (AvgIpc) is 2.31. The van der Waals surface area contributed by atoms with Gasteiger partial charge in [-0.25, -0.2) is 0 Å². The summed E-state index contributed by atoms with van der Waals surface area (Å²) in [4.78, 5) is 0. The Morgan fingerprint density at radius 3 is 2.20 bits per heavy atom. The van der Waals surface area contributed by atoms with Crippen LogP contribution in [-0.4, -0.2) is 6.36 Å². The normalized spacial score (nSPS) is 11.5. The van der Waals surface area contributed by atoms with Gasteiger partial charge < -0.3 is 4.74 Å². The van der Waals surface area contributed by atoms with Crippen molar-refractivity contribution in [3.05, 3.63) is 49.1 Å². The van der Waals surface area contributed by atoms with Crippen molar-refractivity contribution in [2.45, 2.75) is 13.3 Å². The molecule has 0 N–H and O–H groups in total. The molecule has 2 aromatic rings. The molecule has 0 saturated carbocycles. The first-order valence-electron chi connectivity index (χ1n) is 5.58. The van der Waals surface area contributed by atoms with Crippen molar-refractivity contribution in [3.63, 3.8) is 0 Å². The van der Waals surface area contributed by atoms with Crippen molar-refractivity contribution in [1.82, 2.24) is 0 Å². The van der Waals surface area contributed by atoms with E-state index in [0.717, 1.165) is 14.7 Å². The van der Waals surface area contributed by atoms with E-state index in [2.05, 4.69) is 27.3 Å². The molecule has 0 saturated heterocycles. The molecule has 2 rings (SSSR count). The quantitative estimate of drug-likeness (QED) is 0.473. The lowest BCUT2D eigenvalue weighted by molar-refractivity contribution is -0.274. The first-order valence-corrected chi connectivity index (χ1v) is 7.74. The highest BCUT2D eigenvalue weighted by atomic mass is 127. The predicted octanol–water partition coefficient (Wildman–Crippen LogP) is 5.77. The lowest BCUT2D eigenvalue weighted by atomic mass is 10.0. The van der Waals surface area contributed by atoms with E-state index in [1.54, 1.807) is 6.07 Å². The smallest absolute Gasteiger partial charge is 0.406 e. The number of benzene rings is 2. The SMILES string of the molecule is Cc1ccc(-c2ccc(OC(F)(F)F)cc2I)cc1I. The summed E-state index contributed by atoms with van der Waals surface area (Å²) in [6.45, 7) is 2.01. The molecule has 0 fully saturated rings. The van der Waals surface area contributed by atoms with Crippen LogP contribution in [0.25, 0.3) is 11.1 Å². The molecule has 0 heterocycles. The molecular weight excluding hydrogens is 495 g/mol. The molecule has 0 aliphatic carbocycles. The van der Waals surface area contributed by atoms with E-state index >= 15 is 0 Å². The minimum absolute atomic E-state index is 0.201. The standard InChI is InChI=1S/C14H9F3I2O/c1-8-2-3-9(6-12(8)18)11-5-4-10(7-13(11)19)20-14(15,16)17/h2-7H,1H3. The van der Waals surface area contributed by atoms with Crippen LogP contribution in [0.1, 0.15) is 5.56 Å². The lowest BCUT2D eigenvalue weighted by Gasteiger charge is -2.11. The Hall–Kier alpha value is -0.510. The van der Waals surface area contributed by atoms with Gasteiger partial charge in [0, 0.05) is 7.14 Å². The van der Waals surface area contributed by atoms with E-state index in [4.69, 9.17) is 0 Å². The van der Waals surface area contributed by atoms with Crippen molar-refractivity contribution < 1.29 is 17.9 Å². The highest BCUT2D eigenvalue weighted by molar-refractivity contribution is 14.1. The van der Waals surface area contributed by atoms with E-state index in [0.29, 0.717) is 3.57 Å². The van der Waals surface area contributed by atoms with E-state index in [-0.39, 0.29) is 5.75 Å². The van der Waals surface area contributed by atoms with Crippen molar-refractivity contribution in [3.8, 4) is 16.9 Å². The molecule has 0 aliphatic heterocycles. The third kappa shape index (κ3) is 4.00. The third-order valence-corrected chi connectivity index (χ3v) is 4.71. The van der Waals surface area contributed by atoms with Crippen molar-refractivity contribution in [2.75, 3.05) is 0 Å². The molecule has 0 amide bonds. The number of rotatable bonds is 2. The molecule has 0 atom stereocenters. The van der Waals surface area contributed by atoms with Gasteiger partial charge in [-0.3, -0.25) is 0 Å². The second kappa shape index (κ2) is 6.08. The van der Waals surface area contributed by atoms with E-state index in [9.17, 15) is 13.2 Å². The Balaban J connectivity index is 2.36. The summed E-state index contributed by atoms with van der Waals surface area (Å²) in [5, 5.41) is 0. The fraction of sp³-hybridized carbons (Fsp3) is 0.143. The molecule has 0 unspecified atom stereocenters. The molecule has 0 aromatic heterocycles. The average molecular weight is 504 g/mol. The van der Waals surface area contributed by atoms with Gasteiger partial charge in [-0.15, -0.1) is 13.2 Å². The van der Waals surface area contributed by atoms with Crippen molar-refractivity contribution in [2.24, 2.45) is 0 Å². The molecule has 0 radical (unpaired) electrons. The Morgan fingerprint density at radius 2 is 1.65 bits per heavy atom. The summed E-state index contributed by atoms with van der Waals surface area (Å²) in [6.07, 6.45) is -4.66. The molecule has 0 spiro atoms. The van der Waals surface area contributed by atoms with Gasteiger partial charge in [-0.2, -0.15) is 0 Å². The molecule has 6 heteroatoms. The first-order chi connectivity index (χ1) is 9.26. The monoisotopic (exact) mass is 504 g/mol. The van der Waals surface area contributed by atoms with Gasteiger partial charge in [0.25, 0.3) is 0 Å². The van der Waals surface area contributed by atoms with Crippen LogP contribution < -0.4 is 4.74 Å². The van der Waals surface area contributed by atoms with Crippen LogP contribution >= 0.6 is 45.2 Å². The Kier molecular flexibility index (Phi) is 4.83. The summed E-state index contributed by atoms with van der Waals surface area (Å²) in [5.41, 5.74) is 3.03. The molecule has 20 heavy (non-hydrogen) atoms. The number of ether oxygens (including phenoxy) is 1. The number of hydrogen-bond donors (Lipinski definition) is 0. The fourth-order valence-electron chi connectivity index (χ4n) is 1.69. The third-order valence-electron chi connectivity index (χ3n) is 2.66. The van der Waals surface area contributed by atoms with Crippen LogP contribution in [0.3, 0.4) is 0 Å². The van der Waals surface area contributed by atoms with E-state index in [1.807, 2.05) is 47.7 Å². The lowest BCUT2D eigenvalue weighted by Crippen LogP contribution is -2.17. The summed E-state index contributed by atoms with van der Waals surface area (Å²) in [7, 11) is 0. The first kappa shape index (κ1) is 15.9. The second-order valence-electron chi connectivity index (χ2n) is 4.15. The van der Waals surface area contributed by atoms with Gasteiger partial charge in [0.15, 0.2) is 0 Å². The molecule has 1 nitrogen and oxygen atoms in total. The highest BCUT2D eigenvalue weighted by Crippen LogP contribution is 2.32. The van der Waals surface area contributed by atoms with Crippen LogP contribution in [0.4, 0.5) is 13.2 Å². The second-order valence-corrected chi connectivity index (χ2v) is 6.48. The summed E-state index contributed by atoms with van der Waals surface area (Å²) in [5.74, 6) is -0.201. The van der Waals surface area contributed by atoms with Crippen LogP contribution in [0.2, 0.25) is 0 Å². The Bertz CT molecular complexity index is 639. The van der Waals surface area contributed by atoms with E-state index < -0.39 is 6.36 Å². The molecule has 2 aromatic carbocycles. The van der Waals surface area contributed by atoms with Gasteiger partial charge in [-0.1, -0.05) is 12.1 Å². The maximum absolute atomic E-state index is 12.2. The summed E-state index contributed by atoms with van der Waals surface area (Å²) in [6, 6.07) is 10.3. The van der Waals surface area contributed by atoms with Crippen LogP contribution in [0, 0.1) is 14.1 Å². The minimum Gasteiger partial charge on any atom is -0.406 e. The Labute approximate surface area is 141 Å². The van der Waals surface area contributed by atoms with Gasteiger partial charge in [0.1, 0.15) is 5.75 Å². The zero-order chi connectivity index (χ0) is 14.9. The van der Waals surface area contributed by atoms with Crippen LogP contribution in [0.15, 0.2) is 36.4 Å². The van der Waals surface area contributed by atoms with Crippen molar-refractivity contribution in [1.29, 1.82) is 0 Å². The molecule has 0 aliphatic rings. The number of aryl methyl sites for hydroxylation is 1. The topological polar surface area (TPSA) is 9.23 Å². The number of alkyl halides is 3. The maximum Gasteiger partial charge on any atom is 0.573 e. The maximum atomic E-state index is 12.2. The minimum atomic E-state index is -4.66. The zero-order valence-corrected chi connectivity index (χ0v) is 14.6. The molecule has 0 bridgehead atoms. The van der Waals surface area contributed by atoms with Gasteiger partial charge in [0.2, 0.25) is 0 Å². The van der Waals surface area contributed by atoms with Gasteiger partial charge in [-0.05, 0) is 93.1 Å². The largest absolute Gasteiger partial charge is 0.573 e. The fourth-order valence-corrected chi connectivity index (χ4v) is 3.00. The van der Waals surface area contributed by atoms with Gasteiger partial charge in [0.05, 0.1) is 0 Å². The van der Waals surface area contributed by atoms with E-state index in [1.165, 1.54) is 17.7 Å². The van der Waals surface area contributed by atoms with Gasteiger partial charge >= 0.3 is 6.36 Å². The van der Waals surface area contributed by atoms with Crippen LogP contribution in [0.5, 0.6) is 5.75 Å². The predicted molar refractivity (Wildman–Crippen MR) is 88.7 cm³/mol. The highest BCUT2D eigenvalue weighted by Gasteiger charge is 2.31. The summed E-state index contributed by atoms with van der Waals surface area (Å²) >= 11 is 4.25. The number of hydrogen-bond acceptors (Lipinski definition) is 1. The Morgan fingerprint density at radius 1 is 0.950 bits per heavy atom. The van der Waals surface area contributed by atoms with Crippen LogP contribution in [-0.2, 0) is 0 Å². The zero-order valence-electron chi connectivity index (χ0n) is 10.3. The molecular formula is C14H9F3I2O. The van der Waals surface area contributed by atoms with Crippen molar-refractivity contribution >= 4 is 45.2 Å².